The molecule has 0 aromatic carbocycles. The highest BCUT2D eigenvalue weighted by Gasteiger charge is 2.48. The molecule has 2 fully saturated rings. The van der Waals surface area contributed by atoms with E-state index in [0.717, 1.165) is 32.1 Å². The van der Waals surface area contributed by atoms with E-state index in [4.69, 9.17) is 19.3 Å². The van der Waals surface area contributed by atoms with Crippen LogP contribution >= 0.6 is 0 Å². The highest BCUT2D eigenvalue weighted by atomic mass is 16.6. The zero-order valence-electron chi connectivity index (χ0n) is 21.3. The number of ether oxygens (including phenoxy) is 3. The molecule has 0 radical (unpaired) electrons. The molecule has 0 amide bonds. The SMILES string of the molecule is C/C(=C\C(=O)OCCCCCCCCC(=O)O)C[C@@H]1OC[C@H](C[C@@H]2O[C@@H]2[C@@H](C)[C@H](C)O)[C@@H](O)[C@H]1O. The van der Waals surface area contributed by atoms with Gasteiger partial charge in [0.1, 0.15) is 6.10 Å². The molecule has 2 saturated heterocycles. The summed E-state index contributed by atoms with van der Waals surface area (Å²) >= 11 is 0. The average molecular weight is 501 g/mol. The zero-order chi connectivity index (χ0) is 26.0. The Morgan fingerprint density at radius 3 is 2.34 bits per heavy atom. The summed E-state index contributed by atoms with van der Waals surface area (Å²) < 4.78 is 16.7. The Kier molecular flexibility index (Phi) is 12.6. The second kappa shape index (κ2) is 14.9. The molecule has 2 aliphatic heterocycles. The molecule has 0 saturated carbocycles. The molecule has 0 bridgehead atoms. The van der Waals surface area contributed by atoms with Crippen molar-refractivity contribution in [2.45, 2.75) is 115 Å². The molecular formula is C26H44O9. The molecule has 9 nitrogen and oxygen atoms in total. The third-order valence-electron chi connectivity index (χ3n) is 7.09. The Hall–Kier alpha value is -1.52. The zero-order valence-corrected chi connectivity index (χ0v) is 21.3. The fourth-order valence-corrected chi connectivity index (χ4v) is 4.59. The maximum atomic E-state index is 12.1. The number of epoxide rings is 1. The first-order valence-electron chi connectivity index (χ1n) is 13.0. The quantitative estimate of drug-likeness (QED) is 0.109. The number of rotatable bonds is 16. The van der Waals surface area contributed by atoms with Crippen molar-refractivity contribution in [1.82, 2.24) is 0 Å². The number of unbranched alkanes of at least 4 members (excludes halogenated alkanes) is 5. The fraction of sp³-hybridized carbons (Fsp3) is 0.846. The minimum atomic E-state index is -1.06. The maximum Gasteiger partial charge on any atom is 0.330 e. The molecule has 0 aromatic heterocycles. The Balaban J connectivity index is 1.62. The molecule has 0 aromatic rings. The van der Waals surface area contributed by atoms with Gasteiger partial charge in [0, 0.05) is 24.3 Å². The van der Waals surface area contributed by atoms with Crippen molar-refractivity contribution in [1.29, 1.82) is 0 Å². The highest BCUT2D eigenvalue weighted by Crippen LogP contribution is 2.38. The van der Waals surface area contributed by atoms with Crippen LogP contribution < -0.4 is 0 Å². The first-order valence-corrected chi connectivity index (χ1v) is 13.0. The van der Waals surface area contributed by atoms with E-state index in [1.807, 2.05) is 6.92 Å². The second-order valence-corrected chi connectivity index (χ2v) is 10.2. The largest absolute Gasteiger partial charge is 0.481 e. The van der Waals surface area contributed by atoms with E-state index in [0.29, 0.717) is 38.0 Å². The minimum Gasteiger partial charge on any atom is -0.481 e. The predicted octanol–water partition coefficient (Wildman–Crippen LogP) is 2.59. The number of hydrogen-bond acceptors (Lipinski definition) is 8. The Morgan fingerprint density at radius 2 is 1.69 bits per heavy atom. The summed E-state index contributed by atoms with van der Waals surface area (Å²) in [6.07, 6.45) is 4.61. The van der Waals surface area contributed by atoms with Crippen LogP contribution in [0.15, 0.2) is 11.6 Å². The summed E-state index contributed by atoms with van der Waals surface area (Å²) in [6.45, 7) is 6.07. The number of esters is 1. The van der Waals surface area contributed by atoms with Crippen LogP contribution in [0.5, 0.6) is 0 Å². The lowest BCUT2D eigenvalue weighted by Crippen LogP contribution is -2.50. The van der Waals surface area contributed by atoms with Gasteiger partial charge in [0.2, 0.25) is 0 Å². The Bertz CT molecular complexity index is 692. The number of aliphatic hydroxyl groups excluding tert-OH is 3. The number of carboxylic acid groups (broad SMARTS) is 1. The molecule has 35 heavy (non-hydrogen) atoms. The van der Waals surface area contributed by atoms with Gasteiger partial charge in [-0.05, 0) is 39.5 Å². The molecule has 2 aliphatic rings. The van der Waals surface area contributed by atoms with Crippen LogP contribution in [-0.4, -0.2) is 82.2 Å². The van der Waals surface area contributed by atoms with E-state index in [-0.39, 0.29) is 30.5 Å². The molecule has 8 atom stereocenters. The summed E-state index contributed by atoms with van der Waals surface area (Å²) in [4.78, 5) is 22.5. The predicted molar refractivity (Wildman–Crippen MR) is 129 cm³/mol. The van der Waals surface area contributed by atoms with Gasteiger partial charge in [0.15, 0.2) is 0 Å². The summed E-state index contributed by atoms with van der Waals surface area (Å²) in [6, 6.07) is 0. The Labute approximate surface area is 208 Å². The van der Waals surface area contributed by atoms with Gasteiger partial charge in [-0.15, -0.1) is 0 Å². The number of carbonyl (C=O) groups excluding carboxylic acids is 1. The number of aliphatic carboxylic acids is 1. The minimum absolute atomic E-state index is 0.0160. The van der Waals surface area contributed by atoms with Gasteiger partial charge in [-0.2, -0.15) is 0 Å². The average Bonchev–Trinajstić information content (AvgIpc) is 3.55. The van der Waals surface area contributed by atoms with Gasteiger partial charge in [0.05, 0.1) is 43.7 Å². The van der Waals surface area contributed by atoms with E-state index in [1.165, 1.54) is 6.08 Å². The lowest BCUT2D eigenvalue weighted by molar-refractivity contribution is -0.165. The third kappa shape index (κ3) is 10.6. The molecule has 0 spiro atoms. The normalized spacial score (nSPS) is 30.5. The molecule has 0 unspecified atom stereocenters. The van der Waals surface area contributed by atoms with Crippen molar-refractivity contribution < 1.29 is 44.2 Å². The molecule has 9 heteroatoms. The first kappa shape index (κ1) is 29.7. The van der Waals surface area contributed by atoms with Crippen LogP contribution in [0.2, 0.25) is 0 Å². The second-order valence-electron chi connectivity index (χ2n) is 10.2. The molecule has 4 N–H and O–H groups in total. The van der Waals surface area contributed by atoms with Crippen LogP contribution in [0.4, 0.5) is 0 Å². The van der Waals surface area contributed by atoms with Crippen molar-refractivity contribution in [3.8, 4) is 0 Å². The van der Waals surface area contributed by atoms with E-state index in [1.54, 1.807) is 13.8 Å². The lowest BCUT2D eigenvalue weighted by atomic mass is 9.85. The maximum absolute atomic E-state index is 12.1. The van der Waals surface area contributed by atoms with Crippen molar-refractivity contribution in [3.05, 3.63) is 11.6 Å². The van der Waals surface area contributed by atoms with Gasteiger partial charge < -0.3 is 34.6 Å². The van der Waals surface area contributed by atoms with Crippen molar-refractivity contribution >= 4 is 11.9 Å². The topological polar surface area (TPSA) is 146 Å². The number of hydrogen-bond donors (Lipinski definition) is 4. The molecule has 202 valence electrons. The standard InChI is InChI=1S/C26H44O9/c1-16(13-23(30)33-11-9-7-5-4-6-8-10-22(28)29)12-20-25(32)24(31)19(15-34-20)14-21-26(35-21)17(2)18(3)27/h13,17-21,24-27,31-32H,4-12,14-15H2,1-3H3,(H,28,29)/b16-13+/t17-,18-,19-,20-,21-,24+,25-,26+/m0/s1. The van der Waals surface area contributed by atoms with E-state index in [2.05, 4.69) is 0 Å². The molecule has 2 heterocycles. The van der Waals surface area contributed by atoms with Crippen LogP contribution in [0.3, 0.4) is 0 Å². The van der Waals surface area contributed by atoms with Gasteiger partial charge in [-0.3, -0.25) is 4.79 Å². The molecule has 0 aliphatic carbocycles. The number of aliphatic hydroxyl groups is 3. The van der Waals surface area contributed by atoms with E-state index in [9.17, 15) is 24.9 Å². The summed E-state index contributed by atoms with van der Waals surface area (Å²) in [5.74, 6) is -1.42. The lowest BCUT2D eigenvalue weighted by Gasteiger charge is -2.38. The summed E-state index contributed by atoms with van der Waals surface area (Å²) in [5.41, 5.74) is 0.708. The van der Waals surface area contributed by atoms with Gasteiger partial charge in [-0.25, -0.2) is 4.79 Å². The van der Waals surface area contributed by atoms with E-state index >= 15 is 0 Å². The van der Waals surface area contributed by atoms with Crippen LogP contribution in [0, 0.1) is 11.8 Å². The summed E-state index contributed by atoms with van der Waals surface area (Å²) in [7, 11) is 0. The van der Waals surface area contributed by atoms with Gasteiger partial charge in [-0.1, -0.05) is 38.2 Å². The van der Waals surface area contributed by atoms with Crippen molar-refractivity contribution in [2.75, 3.05) is 13.2 Å². The summed E-state index contributed by atoms with van der Waals surface area (Å²) in [5, 5.41) is 39.5. The number of carbonyl (C=O) groups is 2. The highest BCUT2D eigenvalue weighted by molar-refractivity contribution is 5.82. The Morgan fingerprint density at radius 1 is 1.03 bits per heavy atom. The molecule has 2 rings (SSSR count). The van der Waals surface area contributed by atoms with Gasteiger partial charge >= 0.3 is 11.9 Å². The fourth-order valence-electron chi connectivity index (χ4n) is 4.59. The van der Waals surface area contributed by atoms with E-state index < -0.39 is 36.4 Å². The van der Waals surface area contributed by atoms with Crippen LogP contribution in [-0.2, 0) is 23.8 Å². The van der Waals surface area contributed by atoms with Crippen LogP contribution in [0.25, 0.3) is 0 Å². The smallest absolute Gasteiger partial charge is 0.330 e. The van der Waals surface area contributed by atoms with Crippen molar-refractivity contribution in [2.24, 2.45) is 11.8 Å². The number of carboxylic acids is 1. The first-order chi connectivity index (χ1) is 16.6. The third-order valence-corrected chi connectivity index (χ3v) is 7.09. The van der Waals surface area contributed by atoms with Gasteiger partial charge in [0.25, 0.3) is 0 Å². The van der Waals surface area contributed by atoms with Crippen LogP contribution in [0.1, 0.15) is 78.6 Å². The monoisotopic (exact) mass is 500 g/mol. The van der Waals surface area contributed by atoms with Crippen molar-refractivity contribution in [3.63, 3.8) is 0 Å². The molecular weight excluding hydrogens is 456 g/mol.